The molecule has 1 aliphatic heterocycles. The molecule has 1 unspecified atom stereocenters. The molecule has 4 amide bonds. The normalized spacial score (nSPS) is 15.0. The average Bonchev–Trinajstić information content (AvgIpc) is 3.23. The first kappa shape index (κ1) is 22.7. The molecule has 8 nitrogen and oxygen atoms in total. The van der Waals surface area contributed by atoms with Gasteiger partial charge in [0.05, 0.1) is 5.92 Å². The van der Waals surface area contributed by atoms with Gasteiger partial charge in [-0.15, -0.1) is 0 Å². The van der Waals surface area contributed by atoms with E-state index in [2.05, 4.69) is 16.0 Å². The molecule has 1 atom stereocenters. The van der Waals surface area contributed by atoms with Crippen molar-refractivity contribution in [2.45, 2.75) is 13.3 Å². The average molecular weight is 457 g/mol. The summed E-state index contributed by atoms with van der Waals surface area (Å²) in [6.45, 7) is 1.75. The number of amides is 4. The maximum Gasteiger partial charge on any atom is 0.255 e. The van der Waals surface area contributed by atoms with Crippen LogP contribution in [0.25, 0.3) is 0 Å². The fourth-order valence-corrected chi connectivity index (χ4v) is 3.73. The predicted octanol–water partition coefficient (Wildman–Crippen LogP) is 3.89. The quantitative estimate of drug-likeness (QED) is 0.523. The van der Waals surface area contributed by atoms with Crippen LogP contribution >= 0.6 is 0 Å². The van der Waals surface area contributed by atoms with Crippen LogP contribution in [0.5, 0.6) is 0 Å². The fourth-order valence-electron chi connectivity index (χ4n) is 3.73. The molecule has 34 heavy (non-hydrogen) atoms. The Morgan fingerprint density at radius 1 is 0.765 bits per heavy atom. The largest absolute Gasteiger partial charge is 0.326 e. The van der Waals surface area contributed by atoms with Gasteiger partial charge in [-0.2, -0.15) is 0 Å². The summed E-state index contributed by atoms with van der Waals surface area (Å²) in [4.78, 5) is 50.3. The van der Waals surface area contributed by atoms with E-state index < -0.39 is 5.92 Å². The topological polar surface area (TPSA) is 108 Å². The monoisotopic (exact) mass is 456 g/mol. The Labute approximate surface area is 197 Å². The number of hydrogen-bond donors (Lipinski definition) is 3. The van der Waals surface area contributed by atoms with Gasteiger partial charge in [0.2, 0.25) is 17.7 Å². The molecule has 0 radical (unpaired) electrons. The summed E-state index contributed by atoms with van der Waals surface area (Å²) in [5.74, 6) is -1.23. The van der Waals surface area contributed by atoms with E-state index in [9.17, 15) is 19.2 Å². The van der Waals surface area contributed by atoms with E-state index in [4.69, 9.17) is 0 Å². The Bertz CT molecular complexity index is 1210. The number of para-hydroxylation sites is 1. The Balaban J connectivity index is 1.32. The lowest BCUT2D eigenvalue weighted by Gasteiger charge is -2.16. The Morgan fingerprint density at radius 2 is 1.32 bits per heavy atom. The van der Waals surface area contributed by atoms with Gasteiger partial charge in [0, 0.05) is 48.2 Å². The van der Waals surface area contributed by atoms with Crippen LogP contribution in [0.4, 0.5) is 22.7 Å². The van der Waals surface area contributed by atoms with Crippen molar-refractivity contribution >= 4 is 46.4 Å². The highest BCUT2D eigenvalue weighted by Crippen LogP contribution is 2.26. The van der Waals surface area contributed by atoms with Gasteiger partial charge in [-0.25, -0.2) is 0 Å². The number of rotatable bonds is 6. The molecule has 0 bridgehead atoms. The van der Waals surface area contributed by atoms with E-state index >= 15 is 0 Å². The molecule has 0 spiro atoms. The Hall–Kier alpha value is -4.46. The lowest BCUT2D eigenvalue weighted by atomic mass is 10.1. The van der Waals surface area contributed by atoms with E-state index in [0.29, 0.717) is 29.2 Å². The van der Waals surface area contributed by atoms with Crippen molar-refractivity contribution in [2.24, 2.45) is 5.92 Å². The van der Waals surface area contributed by atoms with Crippen LogP contribution in [-0.2, 0) is 14.4 Å². The van der Waals surface area contributed by atoms with Gasteiger partial charge >= 0.3 is 0 Å². The first-order valence-electron chi connectivity index (χ1n) is 10.8. The molecule has 1 fully saturated rings. The predicted molar refractivity (Wildman–Crippen MR) is 131 cm³/mol. The third-order valence-electron chi connectivity index (χ3n) is 5.44. The smallest absolute Gasteiger partial charge is 0.255 e. The molecule has 8 heteroatoms. The lowest BCUT2D eigenvalue weighted by molar-refractivity contribution is -0.122. The Morgan fingerprint density at radius 3 is 1.94 bits per heavy atom. The summed E-state index contributed by atoms with van der Waals surface area (Å²) in [6.07, 6.45) is 0.155. The molecule has 1 saturated heterocycles. The number of nitrogens with one attached hydrogen (secondary N) is 3. The van der Waals surface area contributed by atoms with Gasteiger partial charge in [0.1, 0.15) is 0 Å². The number of nitrogens with zero attached hydrogens (tertiary/aromatic N) is 1. The molecule has 172 valence electrons. The van der Waals surface area contributed by atoms with E-state index in [-0.39, 0.29) is 30.0 Å². The van der Waals surface area contributed by atoms with Crippen LogP contribution in [-0.4, -0.2) is 30.2 Å². The second-order valence-electron chi connectivity index (χ2n) is 8.02. The van der Waals surface area contributed by atoms with Crippen LogP contribution in [0, 0.1) is 5.92 Å². The van der Waals surface area contributed by atoms with Gasteiger partial charge in [-0.3, -0.25) is 19.2 Å². The summed E-state index contributed by atoms with van der Waals surface area (Å²) in [6, 6.07) is 22.6. The first-order valence-corrected chi connectivity index (χ1v) is 10.8. The zero-order valence-electron chi connectivity index (χ0n) is 18.6. The highest BCUT2D eigenvalue weighted by molar-refractivity contribution is 6.06. The third kappa shape index (κ3) is 5.47. The Kier molecular flexibility index (Phi) is 6.68. The number of carbonyl (C=O) groups excluding carboxylic acids is 4. The zero-order valence-corrected chi connectivity index (χ0v) is 18.6. The van der Waals surface area contributed by atoms with E-state index in [1.807, 2.05) is 30.3 Å². The number of benzene rings is 3. The fraction of sp³-hybridized carbons (Fsp3) is 0.154. The van der Waals surface area contributed by atoms with Crippen molar-refractivity contribution in [1.29, 1.82) is 0 Å². The number of hydrogen-bond acceptors (Lipinski definition) is 4. The minimum Gasteiger partial charge on any atom is -0.326 e. The minimum atomic E-state index is -0.448. The summed E-state index contributed by atoms with van der Waals surface area (Å²) < 4.78 is 0. The zero-order chi connectivity index (χ0) is 24.1. The lowest BCUT2D eigenvalue weighted by Crippen LogP contribution is -2.28. The van der Waals surface area contributed by atoms with Crippen molar-refractivity contribution in [1.82, 2.24) is 0 Å². The molecule has 0 aromatic heterocycles. The van der Waals surface area contributed by atoms with Crippen LogP contribution in [0.2, 0.25) is 0 Å². The van der Waals surface area contributed by atoms with E-state index in [0.717, 1.165) is 5.69 Å². The van der Waals surface area contributed by atoms with Crippen LogP contribution in [0.15, 0.2) is 78.9 Å². The SMILES string of the molecule is CC(=O)Nc1ccc(NC(=O)c2ccc(NC(=O)C3CC(=O)N(c4ccccc4)C3)cc2)cc1. The maximum atomic E-state index is 12.7. The molecule has 1 aliphatic rings. The second kappa shape index (κ2) is 9.99. The standard InChI is InChI=1S/C26H24N4O4/c1-17(31)27-20-11-13-22(14-12-20)28-25(33)18-7-9-21(10-8-18)29-26(34)19-15-24(32)30(16-19)23-5-3-2-4-6-23/h2-14,19H,15-16H2,1H3,(H,27,31)(H,28,33)(H,29,34). The van der Waals surface area contributed by atoms with Crippen molar-refractivity contribution in [3.63, 3.8) is 0 Å². The number of anilines is 4. The summed E-state index contributed by atoms with van der Waals surface area (Å²) in [5, 5.41) is 8.28. The second-order valence-corrected chi connectivity index (χ2v) is 8.02. The third-order valence-corrected chi connectivity index (χ3v) is 5.44. The van der Waals surface area contributed by atoms with Gasteiger partial charge in [0.15, 0.2) is 0 Å². The molecular weight excluding hydrogens is 432 g/mol. The first-order chi connectivity index (χ1) is 16.4. The van der Waals surface area contributed by atoms with Crippen LogP contribution in [0.1, 0.15) is 23.7 Å². The van der Waals surface area contributed by atoms with E-state index in [1.54, 1.807) is 53.4 Å². The van der Waals surface area contributed by atoms with Crippen LogP contribution in [0.3, 0.4) is 0 Å². The van der Waals surface area contributed by atoms with Crippen molar-refractivity contribution in [3.8, 4) is 0 Å². The summed E-state index contributed by atoms with van der Waals surface area (Å²) in [7, 11) is 0. The summed E-state index contributed by atoms with van der Waals surface area (Å²) >= 11 is 0. The van der Waals surface area contributed by atoms with Crippen molar-refractivity contribution < 1.29 is 19.2 Å². The van der Waals surface area contributed by atoms with Gasteiger partial charge in [0.25, 0.3) is 5.91 Å². The molecule has 0 saturated carbocycles. The molecule has 3 N–H and O–H groups in total. The number of carbonyl (C=O) groups is 4. The van der Waals surface area contributed by atoms with Crippen molar-refractivity contribution in [2.75, 3.05) is 27.4 Å². The molecule has 4 rings (SSSR count). The molecule has 3 aromatic rings. The molecular formula is C26H24N4O4. The van der Waals surface area contributed by atoms with Crippen LogP contribution < -0.4 is 20.9 Å². The van der Waals surface area contributed by atoms with Crippen molar-refractivity contribution in [3.05, 3.63) is 84.4 Å². The van der Waals surface area contributed by atoms with Gasteiger partial charge in [-0.1, -0.05) is 18.2 Å². The molecule has 0 aliphatic carbocycles. The van der Waals surface area contributed by atoms with Gasteiger partial charge < -0.3 is 20.9 Å². The minimum absolute atomic E-state index is 0.0801. The highest BCUT2D eigenvalue weighted by atomic mass is 16.2. The molecule has 3 aromatic carbocycles. The molecule has 1 heterocycles. The maximum absolute atomic E-state index is 12.7. The van der Waals surface area contributed by atoms with Gasteiger partial charge in [-0.05, 0) is 60.7 Å². The van der Waals surface area contributed by atoms with E-state index in [1.165, 1.54) is 6.92 Å². The summed E-state index contributed by atoms with van der Waals surface area (Å²) in [5.41, 5.74) is 2.98. The highest BCUT2D eigenvalue weighted by Gasteiger charge is 2.35.